The van der Waals surface area contributed by atoms with Gasteiger partial charge in [0, 0.05) is 0 Å². The number of hydrogen-bond donors (Lipinski definition) is 0. The molecule has 0 aromatic heterocycles. The fraction of sp³-hybridized carbons (Fsp3) is 0. The van der Waals surface area contributed by atoms with E-state index in [9.17, 15) is 144 Å². The standard InChI is InChI=1S/5O7Si2.6Ta/c5*1-8(2,3)7-9(4,5)6;;;;;;/q5*-6;6*+5. The summed E-state index contributed by atoms with van der Waals surface area (Å²) in [6, 6.07) is 0. The largest absolute Gasteiger partial charge is 5.00 e. The number of rotatable bonds is 10. The van der Waals surface area contributed by atoms with Gasteiger partial charge in [0.05, 0.1) is 0 Å². The third kappa shape index (κ3) is 126. The van der Waals surface area contributed by atoms with Gasteiger partial charge in [-0.2, -0.15) is 0 Å². The summed E-state index contributed by atoms with van der Waals surface area (Å²) in [5.74, 6) is 0. The summed E-state index contributed by atoms with van der Waals surface area (Å²) in [4.78, 5) is 281. The molecule has 0 radical (unpaired) electrons. The van der Waals surface area contributed by atoms with Crippen LogP contribution >= 0.6 is 0 Å². The smallest absolute Gasteiger partial charge is 0.862 e. The zero-order chi connectivity index (χ0) is 38.5. The fourth-order valence-electron chi connectivity index (χ4n) is 0.765. The van der Waals surface area contributed by atoms with Gasteiger partial charge >= 0.3 is 134 Å². The van der Waals surface area contributed by atoms with Crippen LogP contribution in [0, 0.1) is 0 Å². The molecule has 280 valence electrons. The Morgan fingerprint density at radius 2 is 0.176 bits per heavy atom. The molecular formula is O35Si10Ta6. The van der Waals surface area contributed by atoms with Gasteiger partial charge in [-0.3, -0.25) is 0 Å². The van der Waals surface area contributed by atoms with Crippen molar-refractivity contribution in [3.63, 3.8) is 0 Å². The van der Waals surface area contributed by atoms with Gasteiger partial charge in [0.25, 0.3) is 0 Å². The minimum atomic E-state index is -5.92. The quantitative estimate of drug-likeness (QED) is 0.183. The molecule has 0 bridgehead atoms. The van der Waals surface area contributed by atoms with E-state index in [2.05, 4.69) is 20.6 Å². The average Bonchev–Trinajstić information content (AvgIpc) is 2.36. The van der Waals surface area contributed by atoms with Crippen molar-refractivity contribution in [2.45, 2.75) is 0 Å². The van der Waals surface area contributed by atoms with Gasteiger partial charge in [-0.15, -0.1) is 90.5 Å². The topological polar surface area (TPSA) is 738 Å². The molecule has 0 heterocycles. The van der Waals surface area contributed by atoms with Crippen LogP contribution in [-0.4, -0.2) is 90.5 Å². The van der Waals surface area contributed by atoms with Crippen LogP contribution in [0.1, 0.15) is 0 Å². The summed E-state index contributed by atoms with van der Waals surface area (Å²) < 4.78 is 12.8. The molecule has 0 aromatic rings. The second-order valence-electron chi connectivity index (χ2n) is 5.51. The van der Waals surface area contributed by atoms with Crippen LogP contribution in [-0.2, 0) is 155 Å². The zero-order valence-corrected chi connectivity index (χ0v) is 51.3. The maximum absolute atomic E-state index is 9.36. The second kappa shape index (κ2) is 32.9. The molecule has 35 nitrogen and oxygen atoms in total. The molecule has 51 heteroatoms. The predicted molar refractivity (Wildman–Crippen MR) is 63.0 cm³/mol. The molecule has 0 saturated heterocycles. The summed E-state index contributed by atoms with van der Waals surface area (Å²) in [5, 5.41) is 0. The van der Waals surface area contributed by atoms with Crippen LogP contribution in [0.3, 0.4) is 0 Å². The molecule has 0 N–H and O–H groups in total. The van der Waals surface area contributed by atoms with Crippen LogP contribution in [0.15, 0.2) is 0 Å². The molecule has 0 unspecified atom stereocenters. The van der Waals surface area contributed by atoms with E-state index in [0.29, 0.717) is 0 Å². The van der Waals surface area contributed by atoms with Gasteiger partial charge in [-0.1, -0.05) is 0 Å². The van der Waals surface area contributed by atoms with Gasteiger partial charge in [0.15, 0.2) is 0 Å². The van der Waals surface area contributed by atoms with Gasteiger partial charge in [-0.05, 0) is 0 Å². The van der Waals surface area contributed by atoms with E-state index in [-0.39, 0.29) is 134 Å². The van der Waals surface area contributed by atoms with Crippen molar-refractivity contribution in [3.05, 3.63) is 0 Å². The van der Waals surface area contributed by atoms with E-state index in [4.69, 9.17) is 0 Å². The van der Waals surface area contributed by atoms with Crippen molar-refractivity contribution < 1.29 is 299 Å². The van der Waals surface area contributed by atoms with Crippen LogP contribution in [0.4, 0.5) is 0 Å². The minimum Gasteiger partial charge on any atom is -0.862 e. The van der Waals surface area contributed by atoms with E-state index in [1.165, 1.54) is 0 Å². The Labute approximate surface area is 384 Å². The molecule has 0 fully saturated rings. The Morgan fingerprint density at radius 1 is 0.137 bits per heavy atom. The number of hydrogen-bond acceptors (Lipinski definition) is 35. The zero-order valence-electron chi connectivity index (χ0n) is 22.0. The third-order valence-electron chi connectivity index (χ3n) is 1.25. The fourth-order valence-corrected chi connectivity index (χ4v) is 6.89. The Hall–Kier alpha value is 5.21. The minimum absolute atomic E-state index is 0. The normalized spacial score (nSPS) is 12.4. The van der Waals surface area contributed by atoms with Crippen LogP contribution in [0.5, 0.6) is 0 Å². The van der Waals surface area contributed by atoms with E-state index >= 15 is 0 Å². The molecule has 0 aliphatic carbocycles. The van der Waals surface area contributed by atoms with Crippen molar-refractivity contribution in [2.75, 3.05) is 0 Å². The van der Waals surface area contributed by atoms with E-state index in [1.807, 2.05) is 0 Å². The molecule has 0 spiro atoms. The molecule has 0 rings (SSSR count). The van der Waals surface area contributed by atoms with Crippen LogP contribution in [0.25, 0.3) is 0 Å². The molecule has 0 aliphatic rings. The molecular weight excluding hydrogens is 1930 g/mol. The van der Waals surface area contributed by atoms with Gasteiger partial charge in [0.1, 0.15) is 0 Å². The molecule has 0 aromatic carbocycles. The van der Waals surface area contributed by atoms with Crippen LogP contribution < -0.4 is 144 Å². The summed E-state index contributed by atoms with van der Waals surface area (Å²) in [6.45, 7) is 0. The van der Waals surface area contributed by atoms with Crippen LogP contribution in [0.2, 0.25) is 0 Å². The first-order valence-corrected chi connectivity index (χ1v) is 24.5. The van der Waals surface area contributed by atoms with E-state index in [1.54, 1.807) is 0 Å². The Balaban J connectivity index is -0.0000000423. The summed E-state index contributed by atoms with van der Waals surface area (Å²) in [6.07, 6.45) is 0. The monoisotopic (exact) mass is 1930 g/mol. The van der Waals surface area contributed by atoms with Crippen molar-refractivity contribution in [1.82, 2.24) is 0 Å². The molecule has 51 heavy (non-hydrogen) atoms. The van der Waals surface area contributed by atoms with Crippen molar-refractivity contribution >= 4 is 90.5 Å². The molecule has 0 aliphatic heterocycles. The summed E-state index contributed by atoms with van der Waals surface area (Å²) in [5.41, 5.74) is 0. The Kier molecular flexibility index (Phi) is 54.1. The molecule has 0 saturated carbocycles. The van der Waals surface area contributed by atoms with Gasteiger partial charge in [0.2, 0.25) is 0 Å². The second-order valence-corrected chi connectivity index (χ2v) is 19.6. The van der Waals surface area contributed by atoms with E-state index < -0.39 is 90.5 Å². The first-order chi connectivity index (χ1) is 18.5. The maximum atomic E-state index is 9.36. The Morgan fingerprint density at radius 3 is 0.176 bits per heavy atom. The predicted octanol–water partition coefficient (Wildman–Crippen LogP) is -39.8. The van der Waals surface area contributed by atoms with Crippen molar-refractivity contribution in [1.29, 1.82) is 0 Å². The Bertz CT molecular complexity index is 538. The summed E-state index contributed by atoms with van der Waals surface area (Å²) >= 11 is 0. The van der Waals surface area contributed by atoms with Crippen molar-refractivity contribution in [2.24, 2.45) is 0 Å². The van der Waals surface area contributed by atoms with Crippen molar-refractivity contribution in [3.8, 4) is 0 Å². The SMILES string of the molecule is [O-][Si]([O-])([O-])O[Si]([O-])([O-])[O-].[O-][Si]([O-])([O-])O[Si]([O-])([O-])[O-].[O-][Si]([O-])([O-])O[Si]([O-])([O-])[O-].[O-][Si]([O-])([O-])O[Si]([O-])([O-])[O-].[O-][Si]([O-])([O-])O[Si]([O-])([O-])[O-].[Ta+5].[Ta+5].[Ta+5].[Ta+5].[Ta+5].[Ta+5]. The van der Waals surface area contributed by atoms with Gasteiger partial charge < -0.3 is 164 Å². The summed E-state index contributed by atoms with van der Waals surface area (Å²) in [7, 11) is -59.2. The molecule has 0 amide bonds. The third-order valence-corrected chi connectivity index (χ3v) is 11.3. The first kappa shape index (κ1) is 83.8. The van der Waals surface area contributed by atoms with Gasteiger partial charge in [-0.25, -0.2) is 0 Å². The first-order valence-electron chi connectivity index (χ1n) is 8.16. The molecule has 0 atom stereocenters. The van der Waals surface area contributed by atoms with E-state index in [0.717, 1.165) is 0 Å². The average molecular weight is 1930 g/mol. The maximum Gasteiger partial charge on any atom is 5.00 e.